The van der Waals surface area contributed by atoms with E-state index in [0.29, 0.717) is 5.95 Å². The fourth-order valence-electron chi connectivity index (χ4n) is 5.34. The number of hydrogen-bond acceptors (Lipinski definition) is 6. The van der Waals surface area contributed by atoms with E-state index in [1.165, 1.54) is 5.56 Å². The van der Waals surface area contributed by atoms with Crippen LogP contribution in [0.1, 0.15) is 43.4 Å². The summed E-state index contributed by atoms with van der Waals surface area (Å²) in [6, 6.07) is 12.0. The maximum Gasteiger partial charge on any atom is 0.245 e. The lowest BCUT2D eigenvalue weighted by Gasteiger charge is -2.28. The number of aromatic amines is 1. The molecule has 1 atom stereocenters. The molecule has 8 nitrogen and oxygen atoms in total. The predicted molar refractivity (Wildman–Crippen MR) is 128 cm³/mol. The van der Waals surface area contributed by atoms with Crippen molar-refractivity contribution in [2.45, 2.75) is 51.0 Å². The standard InChI is InChI=1S/C25H29N7O/c33-24(31-13-4-5-14-31)21-12-7-15-32(21)25-26-19-11-6-10-18(19)23(28-25)27-22-16-20(29-30-22)17-8-2-1-3-9-17/h1-3,8-9,16,21H,4-7,10-15H2,(H2,26,27,28,29,30)/t21-/m0/s1. The highest BCUT2D eigenvalue weighted by molar-refractivity contribution is 5.85. The Morgan fingerprint density at radius 2 is 1.85 bits per heavy atom. The van der Waals surface area contributed by atoms with Crippen LogP contribution in [-0.4, -0.2) is 56.6 Å². The van der Waals surface area contributed by atoms with Crippen molar-refractivity contribution >= 4 is 23.5 Å². The Morgan fingerprint density at radius 1 is 1.00 bits per heavy atom. The Kier molecular flexibility index (Phi) is 5.20. The molecule has 0 unspecified atom stereocenters. The second kappa shape index (κ2) is 8.50. The quantitative estimate of drug-likeness (QED) is 0.625. The SMILES string of the molecule is O=C([C@@H]1CCCN1c1nc2c(c(Nc3cc(-c4ccccc4)[nH]n3)n1)CCC2)N1CCCC1. The van der Waals surface area contributed by atoms with Gasteiger partial charge in [-0.25, -0.2) is 4.98 Å². The van der Waals surface area contributed by atoms with E-state index in [1.54, 1.807) is 0 Å². The Hall–Kier alpha value is -3.42. The molecular weight excluding hydrogens is 414 g/mol. The molecule has 1 aliphatic carbocycles. The fourth-order valence-corrected chi connectivity index (χ4v) is 5.34. The molecule has 3 aliphatic rings. The van der Waals surface area contributed by atoms with Crippen LogP contribution in [0, 0.1) is 0 Å². The minimum Gasteiger partial charge on any atom is -0.341 e. The zero-order chi connectivity index (χ0) is 22.2. The van der Waals surface area contributed by atoms with Crippen LogP contribution in [-0.2, 0) is 17.6 Å². The lowest BCUT2D eigenvalue weighted by Crippen LogP contribution is -2.45. The van der Waals surface area contributed by atoms with Gasteiger partial charge >= 0.3 is 0 Å². The van der Waals surface area contributed by atoms with E-state index in [-0.39, 0.29) is 11.9 Å². The van der Waals surface area contributed by atoms with Crippen LogP contribution in [0.25, 0.3) is 11.3 Å². The summed E-state index contributed by atoms with van der Waals surface area (Å²) < 4.78 is 0. The largest absolute Gasteiger partial charge is 0.341 e. The van der Waals surface area contributed by atoms with Gasteiger partial charge in [0.2, 0.25) is 11.9 Å². The van der Waals surface area contributed by atoms with Crippen LogP contribution in [0.15, 0.2) is 36.4 Å². The van der Waals surface area contributed by atoms with Gasteiger partial charge in [-0.15, -0.1) is 0 Å². The summed E-state index contributed by atoms with van der Waals surface area (Å²) in [5.74, 6) is 2.46. The van der Waals surface area contributed by atoms with E-state index in [4.69, 9.17) is 9.97 Å². The molecule has 170 valence electrons. The lowest BCUT2D eigenvalue weighted by atomic mass is 10.1. The van der Waals surface area contributed by atoms with Crippen molar-refractivity contribution in [2.75, 3.05) is 29.9 Å². The van der Waals surface area contributed by atoms with Crippen molar-refractivity contribution in [3.8, 4) is 11.3 Å². The zero-order valence-electron chi connectivity index (χ0n) is 18.8. The van der Waals surface area contributed by atoms with Crippen LogP contribution >= 0.6 is 0 Å². The van der Waals surface area contributed by atoms with E-state index < -0.39 is 0 Å². The van der Waals surface area contributed by atoms with Crippen molar-refractivity contribution in [3.05, 3.63) is 47.7 Å². The molecular formula is C25H29N7O. The van der Waals surface area contributed by atoms with Gasteiger partial charge in [0.05, 0.1) is 11.4 Å². The Labute approximate surface area is 193 Å². The third-order valence-corrected chi connectivity index (χ3v) is 7.04. The summed E-state index contributed by atoms with van der Waals surface area (Å²) in [7, 11) is 0. The number of amides is 1. The van der Waals surface area contributed by atoms with Gasteiger partial charge in [-0.05, 0) is 50.5 Å². The number of fused-ring (bicyclic) bond motifs is 1. The molecule has 0 spiro atoms. The van der Waals surface area contributed by atoms with Crippen LogP contribution in [0.4, 0.5) is 17.6 Å². The number of rotatable bonds is 5. The van der Waals surface area contributed by atoms with Gasteiger partial charge in [0.15, 0.2) is 5.82 Å². The summed E-state index contributed by atoms with van der Waals surface area (Å²) in [5, 5.41) is 11.0. The summed E-state index contributed by atoms with van der Waals surface area (Å²) in [6.45, 7) is 2.58. The normalized spacial score (nSPS) is 19.8. The highest BCUT2D eigenvalue weighted by Gasteiger charge is 2.37. The van der Waals surface area contributed by atoms with Gasteiger partial charge in [-0.2, -0.15) is 10.1 Å². The molecule has 1 aromatic carbocycles. The molecule has 4 heterocycles. The molecule has 2 saturated heterocycles. The average molecular weight is 444 g/mol. The van der Waals surface area contributed by atoms with Crippen molar-refractivity contribution in [1.82, 2.24) is 25.1 Å². The number of nitrogens with zero attached hydrogens (tertiary/aromatic N) is 5. The summed E-state index contributed by atoms with van der Waals surface area (Å²) in [4.78, 5) is 27.2. The topological polar surface area (TPSA) is 90.0 Å². The number of aromatic nitrogens is 4. The summed E-state index contributed by atoms with van der Waals surface area (Å²) in [5.41, 5.74) is 4.32. The number of H-pyrrole nitrogens is 1. The molecule has 8 heteroatoms. The van der Waals surface area contributed by atoms with E-state index in [9.17, 15) is 4.79 Å². The Bertz CT molecular complexity index is 1150. The molecule has 2 N–H and O–H groups in total. The first-order chi connectivity index (χ1) is 16.3. The smallest absolute Gasteiger partial charge is 0.245 e. The highest BCUT2D eigenvalue weighted by atomic mass is 16.2. The molecule has 2 aliphatic heterocycles. The van der Waals surface area contributed by atoms with Crippen molar-refractivity contribution in [3.63, 3.8) is 0 Å². The van der Waals surface area contributed by atoms with Crippen molar-refractivity contribution in [1.29, 1.82) is 0 Å². The second-order valence-corrected chi connectivity index (χ2v) is 9.19. The number of likely N-dealkylation sites (tertiary alicyclic amines) is 1. The molecule has 0 bridgehead atoms. The van der Waals surface area contributed by atoms with Gasteiger partial charge in [0.25, 0.3) is 0 Å². The number of hydrogen-bond donors (Lipinski definition) is 2. The number of carbonyl (C=O) groups is 1. The predicted octanol–water partition coefficient (Wildman–Crippen LogP) is 3.69. The monoisotopic (exact) mass is 443 g/mol. The van der Waals surface area contributed by atoms with Gasteiger partial charge < -0.3 is 15.1 Å². The molecule has 6 rings (SSSR count). The number of aryl methyl sites for hydroxylation is 1. The van der Waals surface area contributed by atoms with Gasteiger partial charge in [0, 0.05) is 31.3 Å². The minimum atomic E-state index is -0.148. The molecule has 1 amide bonds. The molecule has 0 saturated carbocycles. The van der Waals surface area contributed by atoms with Crippen LogP contribution in [0.5, 0.6) is 0 Å². The average Bonchev–Trinajstić information content (AvgIpc) is 3.65. The maximum atomic E-state index is 13.2. The molecule has 2 fully saturated rings. The first-order valence-electron chi connectivity index (χ1n) is 12.1. The highest BCUT2D eigenvalue weighted by Crippen LogP contribution is 2.33. The third kappa shape index (κ3) is 3.83. The molecule has 2 aromatic heterocycles. The van der Waals surface area contributed by atoms with E-state index >= 15 is 0 Å². The third-order valence-electron chi connectivity index (χ3n) is 7.04. The number of carbonyl (C=O) groups excluding carboxylic acids is 1. The van der Waals surface area contributed by atoms with Crippen molar-refractivity contribution < 1.29 is 4.79 Å². The van der Waals surface area contributed by atoms with E-state index in [2.05, 4.69) is 32.5 Å². The first-order valence-corrected chi connectivity index (χ1v) is 12.1. The molecule has 3 aromatic rings. The summed E-state index contributed by atoms with van der Waals surface area (Å²) in [6.07, 6.45) is 7.07. The van der Waals surface area contributed by atoms with Gasteiger partial charge in [-0.1, -0.05) is 30.3 Å². The number of nitrogens with one attached hydrogen (secondary N) is 2. The van der Waals surface area contributed by atoms with Crippen molar-refractivity contribution in [2.24, 2.45) is 0 Å². The van der Waals surface area contributed by atoms with Gasteiger partial charge in [-0.3, -0.25) is 9.89 Å². The maximum absolute atomic E-state index is 13.2. The summed E-state index contributed by atoms with van der Waals surface area (Å²) >= 11 is 0. The van der Waals surface area contributed by atoms with E-state index in [0.717, 1.165) is 93.2 Å². The van der Waals surface area contributed by atoms with Gasteiger partial charge in [0.1, 0.15) is 11.9 Å². The zero-order valence-corrected chi connectivity index (χ0v) is 18.8. The first kappa shape index (κ1) is 20.2. The Balaban J connectivity index is 1.29. The number of benzene rings is 1. The fraction of sp³-hybridized carbons (Fsp3) is 0.440. The minimum absolute atomic E-state index is 0.148. The van der Waals surface area contributed by atoms with E-state index in [1.807, 2.05) is 29.2 Å². The van der Waals surface area contributed by atoms with Crippen LogP contribution < -0.4 is 10.2 Å². The number of anilines is 3. The molecule has 33 heavy (non-hydrogen) atoms. The lowest BCUT2D eigenvalue weighted by molar-refractivity contribution is -0.131. The second-order valence-electron chi connectivity index (χ2n) is 9.19. The van der Waals surface area contributed by atoms with Crippen LogP contribution in [0.2, 0.25) is 0 Å². The Morgan fingerprint density at radius 3 is 2.70 bits per heavy atom. The molecule has 0 radical (unpaired) electrons. The van der Waals surface area contributed by atoms with Crippen LogP contribution in [0.3, 0.4) is 0 Å².